The van der Waals surface area contributed by atoms with E-state index in [4.69, 9.17) is 14.0 Å². The standard InChI is InChI=1S/C17H16FN3O4/c1-3-24-21-17(22)16-15(11-9-19-7-6-14(11)25-16)20-13-5-4-10(23-2)8-12(13)18/h4-9,20H,3H2,1-2H3,(H,21,22). The van der Waals surface area contributed by atoms with Crippen molar-refractivity contribution in [1.29, 1.82) is 0 Å². The Bertz CT molecular complexity index is 910. The van der Waals surface area contributed by atoms with E-state index in [2.05, 4.69) is 15.8 Å². The smallest absolute Gasteiger partial charge is 0.312 e. The predicted octanol–water partition coefficient (Wildman–Crippen LogP) is 3.40. The van der Waals surface area contributed by atoms with Gasteiger partial charge in [-0.05, 0) is 25.1 Å². The third kappa shape index (κ3) is 3.38. The highest BCUT2D eigenvalue weighted by atomic mass is 19.1. The monoisotopic (exact) mass is 345 g/mol. The fourth-order valence-corrected chi connectivity index (χ4v) is 2.27. The number of furan rings is 1. The van der Waals surface area contributed by atoms with Gasteiger partial charge in [0.15, 0.2) is 0 Å². The highest BCUT2D eigenvalue weighted by Gasteiger charge is 2.22. The lowest BCUT2D eigenvalue weighted by Crippen LogP contribution is -2.23. The first-order chi connectivity index (χ1) is 12.1. The quantitative estimate of drug-likeness (QED) is 0.666. The van der Waals surface area contributed by atoms with Crippen LogP contribution in [0.5, 0.6) is 5.75 Å². The zero-order chi connectivity index (χ0) is 17.8. The molecule has 2 aromatic heterocycles. The number of carbonyl (C=O) groups excluding carboxylic acids is 1. The second-order valence-electron chi connectivity index (χ2n) is 5.01. The van der Waals surface area contributed by atoms with Crippen LogP contribution in [0, 0.1) is 5.82 Å². The molecule has 7 nitrogen and oxygen atoms in total. The molecule has 1 amide bonds. The molecular weight excluding hydrogens is 329 g/mol. The summed E-state index contributed by atoms with van der Waals surface area (Å²) in [6.07, 6.45) is 3.06. The maximum atomic E-state index is 14.3. The highest BCUT2D eigenvalue weighted by Crippen LogP contribution is 2.34. The van der Waals surface area contributed by atoms with Crippen molar-refractivity contribution in [2.24, 2.45) is 0 Å². The van der Waals surface area contributed by atoms with E-state index in [0.29, 0.717) is 29.0 Å². The number of methoxy groups -OCH3 is 1. The summed E-state index contributed by atoms with van der Waals surface area (Å²) in [5.41, 5.74) is 3.16. The molecule has 1 aromatic carbocycles. The number of hydrogen-bond acceptors (Lipinski definition) is 6. The van der Waals surface area contributed by atoms with Gasteiger partial charge in [0.1, 0.15) is 22.8 Å². The van der Waals surface area contributed by atoms with Crippen molar-refractivity contribution in [3.8, 4) is 5.75 Å². The fraction of sp³-hybridized carbons (Fsp3) is 0.176. The molecular formula is C17H16FN3O4. The van der Waals surface area contributed by atoms with Crippen LogP contribution in [0.2, 0.25) is 0 Å². The van der Waals surface area contributed by atoms with Gasteiger partial charge in [-0.2, -0.15) is 0 Å². The lowest BCUT2D eigenvalue weighted by Gasteiger charge is -2.09. The van der Waals surface area contributed by atoms with Gasteiger partial charge in [-0.1, -0.05) is 0 Å². The van der Waals surface area contributed by atoms with Crippen molar-refractivity contribution >= 4 is 28.3 Å². The number of halogens is 1. The van der Waals surface area contributed by atoms with Crippen LogP contribution in [-0.2, 0) is 4.84 Å². The number of fused-ring (bicyclic) bond motifs is 1. The fourth-order valence-electron chi connectivity index (χ4n) is 2.27. The number of hydrogen-bond donors (Lipinski definition) is 2. The highest BCUT2D eigenvalue weighted by molar-refractivity contribution is 6.06. The van der Waals surface area contributed by atoms with Crippen molar-refractivity contribution < 1.29 is 23.2 Å². The molecule has 0 aliphatic carbocycles. The number of ether oxygens (including phenoxy) is 1. The van der Waals surface area contributed by atoms with Gasteiger partial charge in [0.25, 0.3) is 0 Å². The number of nitrogens with zero attached hydrogens (tertiary/aromatic N) is 1. The Kier molecular flexibility index (Phi) is 4.80. The van der Waals surface area contributed by atoms with Gasteiger partial charge in [-0.25, -0.2) is 9.87 Å². The first kappa shape index (κ1) is 16.7. The Hall–Kier alpha value is -3.13. The lowest BCUT2D eigenvalue weighted by atomic mass is 10.2. The molecule has 0 aliphatic rings. The number of nitrogens with one attached hydrogen (secondary N) is 2. The molecule has 3 aromatic rings. The molecule has 0 saturated heterocycles. The third-order valence-corrected chi connectivity index (χ3v) is 3.44. The van der Waals surface area contributed by atoms with Gasteiger partial charge in [-0.3, -0.25) is 14.6 Å². The van der Waals surface area contributed by atoms with Crippen LogP contribution in [0.1, 0.15) is 17.5 Å². The first-order valence-electron chi connectivity index (χ1n) is 7.53. The van der Waals surface area contributed by atoms with Crippen LogP contribution >= 0.6 is 0 Å². The van der Waals surface area contributed by atoms with Crippen LogP contribution in [0.3, 0.4) is 0 Å². The number of aromatic nitrogens is 1. The molecule has 0 bridgehead atoms. The van der Waals surface area contributed by atoms with Crippen LogP contribution in [0.4, 0.5) is 15.8 Å². The summed E-state index contributed by atoms with van der Waals surface area (Å²) in [5.74, 6) is -0.772. The molecule has 0 unspecified atom stereocenters. The molecule has 2 N–H and O–H groups in total. The van der Waals surface area contributed by atoms with E-state index in [1.807, 2.05) is 0 Å². The van der Waals surface area contributed by atoms with Gasteiger partial charge in [0, 0.05) is 18.5 Å². The average molecular weight is 345 g/mol. The maximum absolute atomic E-state index is 14.3. The third-order valence-electron chi connectivity index (χ3n) is 3.44. The van der Waals surface area contributed by atoms with Crippen molar-refractivity contribution in [2.75, 3.05) is 19.0 Å². The van der Waals surface area contributed by atoms with Crippen molar-refractivity contribution in [3.05, 3.63) is 48.2 Å². The van der Waals surface area contributed by atoms with Gasteiger partial charge in [0.2, 0.25) is 5.76 Å². The van der Waals surface area contributed by atoms with E-state index in [-0.39, 0.29) is 11.4 Å². The summed E-state index contributed by atoms with van der Waals surface area (Å²) in [7, 11) is 1.45. The van der Waals surface area contributed by atoms with E-state index >= 15 is 0 Å². The number of benzene rings is 1. The molecule has 25 heavy (non-hydrogen) atoms. The van der Waals surface area contributed by atoms with E-state index in [1.54, 1.807) is 19.1 Å². The first-order valence-corrected chi connectivity index (χ1v) is 7.53. The SMILES string of the molecule is CCONC(=O)c1oc2ccncc2c1Nc1ccc(OC)cc1F. The number of pyridine rings is 1. The van der Waals surface area contributed by atoms with Gasteiger partial charge >= 0.3 is 5.91 Å². The minimum absolute atomic E-state index is 0.0355. The Morgan fingerprint density at radius 1 is 1.36 bits per heavy atom. The van der Waals surface area contributed by atoms with Crippen molar-refractivity contribution in [3.63, 3.8) is 0 Å². The molecule has 2 heterocycles. The van der Waals surface area contributed by atoms with E-state index < -0.39 is 11.7 Å². The Morgan fingerprint density at radius 2 is 2.20 bits per heavy atom. The zero-order valence-corrected chi connectivity index (χ0v) is 13.6. The second kappa shape index (κ2) is 7.18. The van der Waals surface area contributed by atoms with E-state index in [1.165, 1.54) is 31.6 Å². The maximum Gasteiger partial charge on any atom is 0.312 e. The van der Waals surface area contributed by atoms with Crippen LogP contribution in [-0.4, -0.2) is 24.6 Å². The normalized spacial score (nSPS) is 10.7. The minimum Gasteiger partial charge on any atom is -0.497 e. The minimum atomic E-state index is -0.588. The zero-order valence-electron chi connectivity index (χ0n) is 13.6. The lowest BCUT2D eigenvalue weighted by molar-refractivity contribution is 0.0343. The summed E-state index contributed by atoms with van der Waals surface area (Å²) in [6.45, 7) is 2.03. The summed E-state index contributed by atoms with van der Waals surface area (Å²) in [4.78, 5) is 21.2. The van der Waals surface area contributed by atoms with Gasteiger partial charge in [-0.15, -0.1) is 0 Å². The summed E-state index contributed by atoms with van der Waals surface area (Å²) >= 11 is 0. The van der Waals surface area contributed by atoms with Crippen LogP contribution in [0.15, 0.2) is 41.1 Å². The van der Waals surface area contributed by atoms with Crippen molar-refractivity contribution in [1.82, 2.24) is 10.5 Å². The molecule has 0 saturated carbocycles. The number of anilines is 2. The number of rotatable bonds is 6. The average Bonchev–Trinajstić information content (AvgIpc) is 3.00. The predicted molar refractivity (Wildman–Crippen MR) is 89.3 cm³/mol. The molecule has 0 atom stereocenters. The second-order valence-corrected chi connectivity index (χ2v) is 5.01. The number of amides is 1. The molecule has 130 valence electrons. The molecule has 8 heteroatoms. The number of hydroxylamine groups is 1. The van der Waals surface area contributed by atoms with Gasteiger partial charge < -0.3 is 14.5 Å². The van der Waals surface area contributed by atoms with Crippen LogP contribution < -0.4 is 15.5 Å². The van der Waals surface area contributed by atoms with Crippen LogP contribution in [0.25, 0.3) is 11.0 Å². The molecule has 0 fully saturated rings. The Balaban J connectivity index is 2.03. The molecule has 0 radical (unpaired) electrons. The van der Waals surface area contributed by atoms with E-state index in [9.17, 15) is 9.18 Å². The summed E-state index contributed by atoms with van der Waals surface area (Å²) in [5, 5.41) is 3.43. The topological polar surface area (TPSA) is 85.6 Å². The Morgan fingerprint density at radius 3 is 2.92 bits per heavy atom. The molecule has 0 aliphatic heterocycles. The number of carbonyl (C=O) groups is 1. The van der Waals surface area contributed by atoms with Gasteiger partial charge in [0.05, 0.1) is 24.8 Å². The molecule has 0 spiro atoms. The van der Waals surface area contributed by atoms with Crippen molar-refractivity contribution in [2.45, 2.75) is 6.92 Å². The largest absolute Gasteiger partial charge is 0.497 e. The molecule has 3 rings (SSSR count). The summed E-state index contributed by atoms with van der Waals surface area (Å²) in [6, 6.07) is 5.96. The van der Waals surface area contributed by atoms with E-state index in [0.717, 1.165) is 0 Å². The summed E-state index contributed by atoms with van der Waals surface area (Å²) < 4.78 is 24.8. The Labute approximate surface area is 142 Å².